The van der Waals surface area contributed by atoms with Gasteiger partial charge in [-0.25, -0.2) is 0 Å². The molecule has 0 spiro atoms. The summed E-state index contributed by atoms with van der Waals surface area (Å²) in [6, 6.07) is 3.52. The van der Waals surface area contributed by atoms with Crippen molar-refractivity contribution in [2.24, 2.45) is 17.6 Å². The molecule has 0 heterocycles. The fraction of sp³-hybridized carbons (Fsp3) is 0.471. The number of esters is 1. The maximum absolute atomic E-state index is 12.5. The Morgan fingerprint density at radius 1 is 1.23 bits per heavy atom. The Labute approximate surface area is 150 Å². The van der Waals surface area contributed by atoms with Gasteiger partial charge in [-0.15, -0.1) is 0 Å². The lowest BCUT2D eigenvalue weighted by molar-refractivity contribution is -0.384. The van der Waals surface area contributed by atoms with Gasteiger partial charge in [-0.05, 0) is 38.7 Å². The molecule has 1 aliphatic rings. The van der Waals surface area contributed by atoms with E-state index in [9.17, 15) is 24.5 Å². The van der Waals surface area contributed by atoms with Crippen LogP contribution in [0.2, 0.25) is 0 Å². The Hall–Kier alpha value is -2.97. The second-order valence-corrected chi connectivity index (χ2v) is 6.14. The number of amides is 2. The van der Waals surface area contributed by atoms with Gasteiger partial charge >= 0.3 is 5.97 Å². The summed E-state index contributed by atoms with van der Waals surface area (Å²) in [7, 11) is 0. The summed E-state index contributed by atoms with van der Waals surface area (Å²) < 4.78 is 5.00. The molecule has 9 nitrogen and oxygen atoms in total. The molecule has 1 fully saturated rings. The van der Waals surface area contributed by atoms with Gasteiger partial charge in [0.2, 0.25) is 5.91 Å². The van der Waals surface area contributed by atoms with Gasteiger partial charge in [0.05, 0.1) is 28.7 Å². The topological polar surface area (TPSA) is 142 Å². The van der Waals surface area contributed by atoms with Crippen molar-refractivity contribution >= 4 is 29.2 Å². The number of benzene rings is 1. The molecule has 1 aromatic rings. The standard InChI is InChI=1S/C17H21N3O6/c1-2-26-17(23)11-5-3-10(4-6-11)16(22)19-14-8-7-12(20(24)25)9-13(14)15(18)21/h7-11H,2-6H2,1H3,(H2,18,21)(H,19,22). The first-order valence-corrected chi connectivity index (χ1v) is 8.39. The maximum atomic E-state index is 12.5. The van der Waals surface area contributed by atoms with Crippen molar-refractivity contribution in [2.45, 2.75) is 32.6 Å². The largest absolute Gasteiger partial charge is 0.466 e. The molecule has 140 valence electrons. The van der Waals surface area contributed by atoms with Crippen LogP contribution in [0.15, 0.2) is 18.2 Å². The number of ether oxygens (including phenoxy) is 1. The molecule has 0 bridgehead atoms. The molecular formula is C17H21N3O6. The number of hydrogen-bond donors (Lipinski definition) is 2. The summed E-state index contributed by atoms with van der Waals surface area (Å²) in [5, 5.41) is 13.4. The summed E-state index contributed by atoms with van der Waals surface area (Å²) in [5.74, 6) is -1.91. The third-order valence-electron chi connectivity index (χ3n) is 4.46. The van der Waals surface area contributed by atoms with Gasteiger partial charge in [-0.1, -0.05) is 0 Å². The van der Waals surface area contributed by atoms with Gasteiger partial charge in [0.1, 0.15) is 0 Å². The van der Waals surface area contributed by atoms with Crippen molar-refractivity contribution in [3.8, 4) is 0 Å². The minimum Gasteiger partial charge on any atom is -0.466 e. The van der Waals surface area contributed by atoms with E-state index in [4.69, 9.17) is 10.5 Å². The van der Waals surface area contributed by atoms with Crippen LogP contribution in [0.3, 0.4) is 0 Å². The van der Waals surface area contributed by atoms with Gasteiger partial charge in [-0.2, -0.15) is 0 Å². The fourth-order valence-corrected chi connectivity index (χ4v) is 3.04. The highest BCUT2D eigenvalue weighted by Crippen LogP contribution is 2.31. The summed E-state index contributed by atoms with van der Waals surface area (Å²) in [6.45, 7) is 2.08. The van der Waals surface area contributed by atoms with Crippen molar-refractivity contribution in [2.75, 3.05) is 11.9 Å². The molecule has 0 aliphatic heterocycles. The number of primary amides is 1. The number of nitro groups is 1. The number of nitro benzene ring substituents is 1. The molecule has 26 heavy (non-hydrogen) atoms. The van der Waals surface area contributed by atoms with Crippen LogP contribution in [0.5, 0.6) is 0 Å². The average Bonchev–Trinajstić information content (AvgIpc) is 2.62. The molecule has 0 aromatic heterocycles. The van der Waals surface area contributed by atoms with E-state index < -0.39 is 10.8 Å². The van der Waals surface area contributed by atoms with Gasteiger partial charge < -0.3 is 15.8 Å². The van der Waals surface area contributed by atoms with Gasteiger partial charge in [0.15, 0.2) is 0 Å². The lowest BCUT2D eigenvalue weighted by Crippen LogP contribution is -2.31. The van der Waals surface area contributed by atoms with Crippen LogP contribution < -0.4 is 11.1 Å². The third-order valence-corrected chi connectivity index (χ3v) is 4.46. The Balaban J connectivity index is 2.03. The highest BCUT2D eigenvalue weighted by atomic mass is 16.6. The van der Waals surface area contributed by atoms with E-state index >= 15 is 0 Å². The zero-order valence-electron chi connectivity index (χ0n) is 14.4. The van der Waals surface area contributed by atoms with Crippen molar-refractivity contribution in [1.82, 2.24) is 0 Å². The van der Waals surface area contributed by atoms with Gasteiger partial charge in [0.25, 0.3) is 11.6 Å². The number of carbonyl (C=O) groups is 3. The predicted molar refractivity (Wildman–Crippen MR) is 92.3 cm³/mol. The van der Waals surface area contributed by atoms with E-state index in [1.54, 1.807) is 6.92 Å². The zero-order chi connectivity index (χ0) is 19.3. The second kappa shape index (κ2) is 8.41. The van der Waals surface area contributed by atoms with Crippen molar-refractivity contribution in [1.29, 1.82) is 0 Å². The number of anilines is 1. The maximum Gasteiger partial charge on any atom is 0.308 e. The number of carbonyl (C=O) groups excluding carboxylic acids is 3. The molecule has 3 N–H and O–H groups in total. The number of rotatable bonds is 6. The van der Waals surface area contributed by atoms with Crippen LogP contribution in [0.25, 0.3) is 0 Å². The van der Waals surface area contributed by atoms with Crippen LogP contribution in [-0.4, -0.2) is 29.3 Å². The first kappa shape index (κ1) is 19.4. The van der Waals surface area contributed by atoms with Crippen LogP contribution in [0.4, 0.5) is 11.4 Å². The molecule has 1 aromatic carbocycles. The number of nitrogens with one attached hydrogen (secondary N) is 1. The van der Waals surface area contributed by atoms with E-state index in [0.29, 0.717) is 32.3 Å². The average molecular weight is 363 g/mol. The number of non-ortho nitro benzene ring substituents is 1. The minimum absolute atomic E-state index is 0.118. The first-order chi connectivity index (χ1) is 12.3. The molecule has 0 unspecified atom stereocenters. The zero-order valence-corrected chi connectivity index (χ0v) is 14.4. The fourth-order valence-electron chi connectivity index (χ4n) is 3.04. The number of nitrogens with zero attached hydrogens (tertiary/aromatic N) is 1. The van der Waals surface area contributed by atoms with E-state index in [1.807, 2.05) is 0 Å². The molecule has 1 saturated carbocycles. The van der Waals surface area contributed by atoms with E-state index in [0.717, 1.165) is 6.07 Å². The van der Waals surface area contributed by atoms with Gasteiger partial charge in [0, 0.05) is 18.1 Å². The van der Waals surface area contributed by atoms with Crippen LogP contribution in [0.1, 0.15) is 43.0 Å². The summed E-state index contributed by atoms with van der Waals surface area (Å²) in [5.41, 5.74) is 4.99. The Bertz CT molecular complexity index is 725. The Kier molecular flexibility index (Phi) is 6.26. The number of nitrogens with two attached hydrogens (primary N) is 1. The molecule has 9 heteroatoms. The van der Waals surface area contributed by atoms with Crippen molar-refractivity contribution in [3.63, 3.8) is 0 Å². The minimum atomic E-state index is -0.866. The molecule has 0 saturated heterocycles. The van der Waals surface area contributed by atoms with Crippen molar-refractivity contribution in [3.05, 3.63) is 33.9 Å². The molecule has 2 amide bonds. The Morgan fingerprint density at radius 2 is 1.85 bits per heavy atom. The highest BCUT2D eigenvalue weighted by molar-refractivity contribution is 6.04. The highest BCUT2D eigenvalue weighted by Gasteiger charge is 2.31. The monoisotopic (exact) mass is 363 g/mol. The van der Waals surface area contributed by atoms with Crippen LogP contribution >= 0.6 is 0 Å². The normalized spacial score (nSPS) is 19.4. The quantitative estimate of drug-likeness (QED) is 0.450. The summed E-state index contributed by atoms with van der Waals surface area (Å²) in [4.78, 5) is 45.9. The van der Waals surface area contributed by atoms with E-state index in [1.165, 1.54) is 12.1 Å². The smallest absolute Gasteiger partial charge is 0.308 e. The molecular weight excluding hydrogens is 342 g/mol. The first-order valence-electron chi connectivity index (χ1n) is 8.39. The summed E-state index contributed by atoms with van der Waals surface area (Å²) >= 11 is 0. The number of hydrogen-bond acceptors (Lipinski definition) is 6. The molecule has 2 rings (SSSR count). The Morgan fingerprint density at radius 3 is 2.38 bits per heavy atom. The second-order valence-electron chi connectivity index (χ2n) is 6.14. The molecule has 0 radical (unpaired) electrons. The van der Waals surface area contributed by atoms with Gasteiger partial charge in [-0.3, -0.25) is 24.5 Å². The molecule has 1 aliphatic carbocycles. The lowest BCUT2D eigenvalue weighted by Gasteiger charge is -2.26. The SMILES string of the molecule is CCOC(=O)C1CCC(C(=O)Nc2ccc([N+](=O)[O-])cc2C(N)=O)CC1. The van der Waals surface area contributed by atoms with Crippen LogP contribution in [-0.2, 0) is 14.3 Å². The third kappa shape index (κ3) is 4.56. The summed E-state index contributed by atoms with van der Waals surface area (Å²) in [6.07, 6.45) is 2.15. The predicted octanol–water partition coefficient (Wildman–Crippen LogP) is 2.00. The molecule has 0 atom stereocenters. The van der Waals surface area contributed by atoms with E-state index in [-0.39, 0.29) is 40.7 Å². The van der Waals surface area contributed by atoms with Crippen LogP contribution in [0, 0.1) is 22.0 Å². The lowest BCUT2D eigenvalue weighted by atomic mass is 9.81. The van der Waals surface area contributed by atoms with E-state index in [2.05, 4.69) is 5.32 Å². The van der Waals surface area contributed by atoms with Crippen molar-refractivity contribution < 1.29 is 24.0 Å².